The van der Waals surface area contributed by atoms with E-state index in [2.05, 4.69) is 19.6 Å². The van der Waals surface area contributed by atoms with Gasteiger partial charge in [-0.25, -0.2) is 9.59 Å². The molecule has 1 saturated heterocycles. The molecule has 0 atom stereocenters. The van der Waals surface area contributed by atoms with E-state index in [0.717, 1.165) is 0 Å². The number of hydrogen-bond acceptors (Lipinski definition) is 6. The summed E-state index contributed by atoms with van der Waals surface area (Å²) in [5.41, 5.74) is 0. The summed E-state index contributed by atoms with van der Waals surface area (Å²) in [6, 6.07) is 0. The maximum Gasteiger partial charge on any atom is 0.453 e. The van der Waals surface area contributed by atoms with E-state index < -0.39 is 11.9 Å². The molecule has 6 heteroatoms. The van der Waals surface area contributed by atoms with Gasteiger partial charge in [0.1, 0.15) is 13.2 Å². The second-order valence-electron chi connectivity index (χ2n) is 1.39. The summed E-state index contributed by atoms with van der Waals surface area (Å²) < 4.78 is 0. The third-order valence-electron chi connectivity index (χ3n) is 0.686. The Labute approximate surface area is 55.5 Å². The molecule has 0 radical (unpaired) electrons. The van der Waals surface area contributed by atoms with Crippen LogP contribution in [0.5, 0.6) is 0 Å². The summed E-state index contributed by atoms with van der Waals surface area (Å²) >= 11 is 0. The van der Waals surface area contributed by atoms with Crippen LogP contribution in [0.1, 0.15) is 0 Å². The molecule has 6 nitrogen and oxygen atoms in total. The predicted molar refractivity (Wildman–Crippen MR) is 24.1 cm³/mol. The largest absolute Gasteiger partial charge is 0.453 e. The van der Waals surface area contributed by atoms with Gasteiger partial charge in [0.25, 0.3) is 0 Å². The van der Waals surface area contributed by atoms with Gasteiger partial charge in [0.15, 0.2) is 0 Å². The molecule has 0 unspecified atom stereocenters. The van der Waals surface area contributed by atoms with E-state index >= 15 is 0 Å². The van der Waals surface area contributed by atoms with Gasteiger partial charge in [0.05, 0.1) is 0 Å². The van der Waals surface area contributed by atoms with Crippen molar-refractivity contribution in [3.05, 3.63) is 0 Å². The summed E-state index contributed by atoms with van der Waals surface area (Å²) in [5.74, 6) is -2.44. The minimum atomic E-state index is -1.22. The van der Waals surface area contributed by atoms with Gasteiger partial charge in [-0.15, -0.1) is 0 Å². The van der Waals surface area contributed by atoms with Crippen LogP contribution in [0.3, 0.4) is 0 Å². The number of carbonyl (C=O) groups excluding carboxylic acids is 2. The molecule has 0 amide bonds. The Kier molecular flexibility index (Phi) is 2.19. The first-order valence-corrected chi connectivity index (χ1v) is 2.48. The van der Waals surface area contributed by atoms with Crippen molar-refractivity contribution < 1.29 is 29.1 Å². The summed E-state index contributed by atoms with van der Waals surface area (Å²) in [6.45, 7) is 0.0814. The number of hydrogen-bond donors (Lipinski definition) is 0. The van der Waals surface area contributed by atoms with E-state index in [9.17, 15) is 9.59 Å². The highest BCUT2D eigenvalue weighted by atomic mass is 17.3. The van der Waals surface area contributed by atoms with Crippen LogP contribution < -0.4 is 0 Å². The van der Waals surface area contributed by atoms with Crippen molar-refractivity contribution in [3.63, 3.8) is 0 Å². The maximum atomic E-state index is 10.3. The van der Waals surface area contributed by atoms with Crippen molar-refractivity contribution in [3.8, 4) is 0 Å². The van der Waals surface area contributed by atoms with E-state index in [1.165, 1.54) is 0 Å². The van der Waals surface area contributed by atoms with Gasteiger partial charge in [-0.2, -0.15) is 9.78 Å². The molecule has 1 aliphatic heterocycles. The Balaban J connectivity index is 2.43. The molecule has 0 bridgehead atoms. The van der Waals surface area contributed by atoms with Crippen LogP contribution >= 0.6 is 0 Å². The first kappa shape index (κ1) is 6.97. The third-order valence-corrected chi connectivity index (χ3v) is 0.686. The Morgan fingerprint density at radius 1 is 0.900 bits per heavy atom. The molecule has 0 aliphatic carbocycles. The van der Waals surface area contributed by atoms with Crippen molar-refractivity contribution >= 4 is 11.9 Å². The second-order valence-corrected chi connectivity index (χ2v) is 1.39. The summed E-state index contributed by atoms with van der Waals surface area (Å²) in [7, 11) is 0. The fourth-order valence-electron chi connectivity index (χ4n) is 0.326. The van der Waals surface area contributed by atoms with Gasteiger partial charge in [0, 0.05) is 0 Å². The van der Waals surface area contributed by atoms with Gasteiger partial charge in [-0.05, 0) is 0 Å². The lowest BCUT2D eigenvalue weighted by molar-refractivity contribution is -0.332. The minimum Gasteiger partial charge on any atom is -0.285 e. The second kappa shape index (κ2) is 3.14. The van der Waals surface area contributed by atoms with Crippen LogP contribution in [0, 0.1) is 0 Å². The quantitative estimate of drug-likeness (QED) is 0.322. The van der Waals surface area contributed by atoms with E-state index in [1.807, 2.05) is 0 Å². The van der Waals surface area contributed by atoms with Crippen molar-refractivity contribution in [1.29, 1.82) is 0 Å². The molecule has 10 heavy (non-hydrogen) atoms. The van der Waals surface area contributed by atoms with Crippen molar-refractivity contribution in [2.45, 2.75) is 0 Å². The monoisotopic (exact) mass is 148 g/mol. The lowest BCUT2D eigenvalue weighted by Crippen LogP contribution is -2.25. The van der Waals surface area contributed by atoms with Crippen LogP contribution in [0.15, 0.2) is 0 Å². The predicted octanol–water partition coefficient (Wildman–Crippen LogP) is -1.05. The lowest BCUT2D eigenvalue weighted by atomic mass is 10.7. The van der Waals surface area contributed by atoms with Gasteiger partial charge in [-0.3, -0.25) is 9.78 Å². The topological polar surface area (TPSA) is 71.1 Å². The molecule has 0 spiro atoms. The van der Waals surface area contributed by atoms with Crippen LogP contribution in [-0.2, 0) is 29.1 Å². The highest BCUT2D eigenvalue weighted by Gasteiger charge is 2.21. The van der Waals surface area contributed by atoms with Crippen LogP contribution in [0.25, 0.3) is 0 Å². The Bertz CT molecular complexity index is 134. The Hall–Kier alpha value is -1.14. The molecular formula is C4H4O6. The maximum absolute atomic E-state index is 10.3. The molecule has 0 aromatic heterocycles. The van der Waals surface area contributed by atoms with Crippen LogP contribution in [0.4, 0.5) is 0 Å². The average Bonchev–Trinajstić information content (AvgIpc) is 1.92. The standard InChI is InChI=1S/C4H4O6/c5-3-4(6)10-8-2-1-7-9-3/h1-2H2. The summed E-state index contributed by atoms with van der Waals surface area (Å²) in [5, 5.41) is 0. The van der Waals surface area contributed by atoms with E-state index in [0.29, 0.717) is 0 Å². The zero-order valence-electron chi connectivity index (χ0n) is 4.86. The van der Waals surface area contributed by atoms with Crippen molar-refractivity contribution in [2.24, 2.45) is 0 Å². The smallest absolute Gasteiger partial charge is 0.285 e. The first-order valence-electron chi connectivity index (χ1n) is 2.48. The van der Waals surface area contributed by atoms with Gasteiger partial charge in [0.2, 0.25) is 0 Å². The van der Waals surface area contributed by atoms with Gasteiger partial charge in [-0.1, -0.05) is 0 Å². The number of carbonyl (C=O) groups is 2. The van der Waals surface area contributed by atoms with E-state index in [4.69, 9.17) is 0 Å². The molecule has 0 aromatic carbocycles. The SMILES string of the molecule is O=C1OOCCOOC1=O. The Morgan fingerprint density at radius 3 is 1.70 bits per heavy atom. The zero-order valence-corrected chi connectivity index (χ0v) is 4.86. The minimum absolute atomic E-state index is 0.0407. The molecule has 0 aromatic rings. The highest BCUT2D eigenvalue weighted by Crippen LogP contribution is 1.92. The van der Waals surface area contributed by atoms with E-state index in [-0.39, 0.29) is 13.2 Å². The molecule has 0 N–H and O–H groups in total. The van der Waals surface area contributed by atoms with Crippen molar-refractivity contribution in [2.75, 3.05) is 13.2 Å². The molecular weight excluding hydrogens is 144 g/mol. The van der Waals surface area contributed by atoms with Crippen molar-refractivity contribution in [1.82, 2.24) is 0 Å². The molecule has 0 saturated carbocycles. The Morgan fingerprint density at radius 2 is 1.30 bits per heavy atom. The average molecular weight is 148 g/mol. The third kappa shape index (κ3) is 1.67. The zero-order chi connectivity index (χ0) is 7.40. The molecule has 1 rings (SSSR count). The van der Waals surface area contributed by atoms with Gasteiger partial charge >= 0.3 is 11.9 Å². The van der Waals surface area contributed by atoms with E-state index in [1.54, 1.807) is 0 Å². The van der Waals surface area contributed by atoms with Crippen LogP contribution in [0.2, 0.25) is 0 Å². The molecule has 1 fully saturated rings. The molecule has 56 valence electrons. The fraction of sp³-hybridized carbons (Fsp3) is 0.500. The molecule has 1 aliphatic rings. The highest BCUT2D eigenvalue weighted by molar-refractivity contribution is 6.29. The molecule has 1 heterocycles. The number of rotatable bonds is 0. The van der Waals surface area contributed by atoms with Gasteiger partial charge < -0.3 is 0 Å². The fourth-order valence-corrected chi connectivity index (χ4v) is 0.326. The van der Waals surface area contributed by atoms with Crippen LogP contribution in [-0.4, -0.2) is 25.2 Å². The normalized spacial score (nSPS) is 20.4. The lowest BCUT2D eigenvalue weighted by Gasteiger charge is -2.06. The summed E-state index contributed by atoms with van der Waals surface area (Å²) in [4.78, 5) is 36.7. The first-order chi connectivity index (χ1) is 4.80. The summed E-state index contributed by atoms with van der Waals surface area (Å²) in [6.07, 6.45) is 0.